The minimum atomic E-state index is -1.12. The summed E-state index contributed by atoms with van der Waals surface area (Å²) in [6.07, 6.45) is -3.21. The number of carbonyl (C=O) groups excluding carboxylic acids is 3. The quantitative estimate of drug-likeness (QED) is 0.268. The Morgan fingerprint density at radius 2 is 1.00 bits per heavy atom. The first-order chi connectivity index (χ1) is 16.5. The lowest BCUT2D eigenvalue weighted by molar-refractivity contribution is -0.165. The first-order valence-corrected chi connectivity index (χ1v) is 11.5. The smallest absolute Gasteiger partial charge is 0.338 e. The van der Waals surface area contributed by atoms with Crippen molar-refractivity contribution in [2.75, 3.05) is 6.61 Å². The predicted molar refractivity (Wildman–Crippen MR) is 126 cm³/mol. The van der Waals surface area contributed by atoms with E-state index in [1.54, 1.807) is 91.0 Å². The summed E-state index contributed by atoms with van der Waals surface area (Å²) in [6, 6.07) is 25.2. The van der Waals surface area contributed by atoms with Crippen molar-refractivity contribution in [1.29, 1.82) is 0 Å². The van der Waals surface area contributed by atoms with Gasteiger partial charge in [0, 0.05) is 0 Å². The lowest BCUT2D eigenvalue weighted by Gasteiger charge is -2.38. The molecule has 4 rings (SSSR count). The van der Waals surface area contributed by atoms with Crippen LogP contribution in [-0.2, 0) is 18.9 Å². The fourth-order valence-corrected chi connectivity index (χ4v) is 3.97. The molecule has 34 heavy (non-hydrogen) atoms. The number of ether oxygens (including phenoxy) is 4. The first-order valence-electron chi connectivity index (χ1n) is 10.6. The van der Waals surface area contributed by atoms with E-state index in [9.17, 15) is 14.4 Å². The molecule has 0 amide bonds. The summed E-state index contributed by atoms with van der Waals surface area (Å²) >= 11 is 3.35. The number of carbonyl (C=O) groups is 3. The third-order valence-electron chi connectivity index (χ3n) is 5.14. The van der Waals surface area contributed by atoms with Crippen LogP contribution in [0.1, 0.15) is 31.1 Å². The van der Waals surface area contributed by atoms with Crippen LogP contribution in [0.15, 0.2) is 91.0 Å². The molecule has 174 valence electrons. The van der Waals surface area contributed by atoms with Crippen molar-refractivity contribution in [2.45, 2.75) is 23.3 Å². The molecule has 1 unspecified atom stereocenters. The van der Waals surface area contributed by atoms with E-state index < -0.39 is 41.2 Å². The minimum Gasteiger partial charge on any atom is -0.452 e. The van der Waals surface area contributed by atoms with E-state index >= 15 is 0 Å². The molecule has 1 saturated heterocycles. The minimum absolute atomic E-state index is 0.0688. The van der Waals surface area contributed by atoms with Gasteiger partial charge in [0.1, 0.15) is 0 Å². The molecule has 0 radical (unpaired) electrons. The Hall–Kier alpha value is -3.49. The molecule has 0 N–H and O–H groups in total. The average molecular weight is 525 g/mol. The molecule has 3 aromatic rings. The Kier molecular flexibility index (Phi) is 7.72. The molecule has 1 heterocycles. The summed E-state index contributed by atoms with van der Waals surface area (Å²) in [5.41, 5.74) is 0.953. The third kappa shape index (κ3) is 5.70. The van der Waals surface area contributed by atoms with Crippen LogP contribution < -0.4 is 0 Å². The van der Waals surface area contributed by atoms with Gasteiger partial charge in [0.15, 0.2) is 23.3 Å². The lowest BCUT2D eigenvalue weighted by atomic mass is 10.0. The van der Waals surface area contributed by atoms with Crippen molar-refractivity contribution < 1.29 is 33.3 Å². The van der Waals surface area contributed by atoms with Crippen LogP contribution in [0.2, 0.25) is 0 Å². The van der Waals surface area contributed by atoms with Crippen molar-refractivity contribution in [2.24, 2.45) is 0 Å². The molecule has 3 aromatic carbocycles. The Morgan fingerprint density at radius 1 is 0.618 bits per heavy atom. The zero-order chi connectivity index (χ0) is 23.9. The van der Waals surface area contributed by atoms with Crippen LogP contribution >= 0.6 is 15.9 Å². The molecular formula is C26H21BrO7. The van der Waals surface area contributed by atoms with Crippen LogP contribution in [0.3, 0.4) is 0 Å². The predicted octanol–water partition coefficient (Wildman–Crippen LogP) is 4.41. The zero-order valence-corrected chi connectivity index (χ0v) is 19.5. The van der Waals surface area contributed by atoms with E-state index in [4.69, 9.17) is 18.9 Å². The van der Waals surface area contributed by atoms with E-state index in [1.807, 2.05) is 0 Å². The topological polar surface area (TPSA) is 88.1 Å². The summed E-state index contributed by atoms with van der Waals surface area (Å²) in [5.74, 6) is -1.89. The highest BCUT2D eigenvalue weighted by atomic mass is 79.9. The zero-order valence-electron chi connectivity index (χ0n) is 17.9. The maximum Gasteiger partial charge on any atom is 0.338 e. The van der Waals surface area contributed by atoms with Gasteiger partial charge in [-0.05, 0) is 36.4 Å². The monoisotopic (exact) mass is 524 g/mol. The molecule has 4 atom stereocenters. The summed E-state index contributed by atoms with van der Waals surface area (Å²) in [4.78, 5) is 38.3. The highest BCUT2D eigenvalue weighted by Gasteiger charge is 2.47. The van der Waals surface area contributed by atoms with Gasteiger partial charge in [-0.15, -0.1) is 0 Å². The van der Waals surface area contributed by atoms with Crippen LogP contribution in [-0.4, -0.2) is 47.8 Å². The van der Waals surface area contributed by atoms with E-state index in [0.29, 0.717) is 16.7 Å². The molecule has 8 heteroatoms. The summed E-state index contributed by atoms with van der Waals surface area (Å²) in [7, 11) is 0. The molecule has 1 aliphatic heterocycles. The van der Waals surface area contributed by atoms with E-state index in [-0.39, 0.29) is 6.61 Å². The molecule has 0 saturated carbocycles. The van der Waals surface area contributed by atoms with Gasteiger partial charge in [0.2, 0.25) is 0 Å². The maximum atomic E-state index is 12.9. The Bertz CT molecular complexity index is 1120. The van der Waals surface area contributed by atoms with E-state index in [1.165, 1.54) is 0 Å². The van der Waals surface area contributed by atoms with Gasteiger partial charge in [-0.2, -0.15) is 0 Å². The number of halogens is 1. The van der Waals surface area contributed by atoms with Crippen molar-refractivity contribution in [3.05, 3.63) is 108 Å². The van der Waals surface area contributed by atoms with Crippen LogP contribution in [0.5, 0.6) is 0 Å². The molecule has 1 aliphatic rings. The highest BCUT2D eigenvalue weighted by molar-refractivity contribution is 9.09. The summed E-state index contributed by atoms with van der Waals surface area (Å²) in [6.45, 7) is -0.0688. The third-order valence-corrected chi connectivity index (χ3v) is 5.93. The van der Waals surface area contributed by atoms with Gasteiger partial charge >= 0.3 is 17.9 Å². The van der Waals surface area contributed by atoms with E-state index in [0.717, 1.165) is 0 Å². The van der Waals surface area contributed by atoms with Gasteiger partial charge < -0.3 is 18.9 Å². The van der Waals surface area contributed by atoms with Gasteiger partial charge in [-0.1, -0.05) is 70.5 Å². The first kappa shape index (κ1) is 23.7. The number of rotatable bonds is 6. The van der Waals surface area contributed by atoms with Gasteiger partial charge in [0.05, 0.1) is 23.3 Å². The maximum absolute atomic E-state index is 12.9. The summed E-state index contributed by atoms with van der Waals surface area (Å²) in [5, 5.41) is -0.791. The molecule has 0 aliphatic carbocycles. The molecule has 0 bridgehead atoms. The van der Waals surface area contributed by atoms with Crippen molar-refractivity contribution in [3.63, 3.8) is 0 Å². The Morgan fingerprint density at radius 3 is 1.44 bits per heavy atom. The summed E-state index contributed by atoms with van der Waals surface area (Å²) < 4.78 is 22.7. The second kappa shape index (κ2) is 11.1. The lowest BCUT2D eigenvalue weighted by Crippen LogP contribution is -2.56. The number of alkyl halides is 1. The number of hydrogen-bond acceptors (Lipinski definition) is 7. The van der Waals surface area contributed by atoms with Crippen molar-refractivity contribution in [3.8, 4) is 0 Å². The van der Waals surface area contributed by atoms with Crippen molar-refractivity contribution in [1.82, 2.24) is 0 Å². The fraction of sp³-hybridized carbons (Fsp3) is 0.192. The van der Waals surface area contributed by atoms with Gasteiger partial charge in [-0.3, -0.25) is 0 Å². The normalized spacial score (nSPS) is 21.8. The van der Waals surface area contributed by atoms with Gasteiger partial charge in [0.25, 0.3) is 0 Å². The molecule has 0 spiro atoms. The number of esters is 3. The second-order valence-electron chi connectivity index (χ2n) is 7.47. The SMILES string of the molecule is O=C(OC1[C@@H](OC(=O)c2ccccc2)CO[C@@H](Br)[C@H]1OC(=O)c1ccccc1)c1ccccc1. The Labute approximate surface area is 204 Å². The standard InChI is InChI=1S/C26H21BrO7/c27-23-22(34-26(30)19-14-8-3-9-15-19)21(33-25(29)18-12-6-2-7-13-18)20(16-31-23)32-24(28)17-10-4-1-5-11-17/h1-15,20-23H,16H2/t20-,21?,22-,23+/m0/s1. The number of benzene rings is 3. The largest absolute Gasteiger partial charge is 0.452 e. The van der Waals surface area contributed by atoms with Crippen LogP contribution in [0, 0.1) is 0 Å². The van der Waals surface area contributed by atoms with Crippen LogP contribution in [0.25, 0.3) is 0 Å². The highest BCUT2D eigenvalue weighted by Crippen LogP contribution is 2.29. The molecule has 7 nitrogen and oxygen atoms in total. The average Bonchev–Trinajstić information content (AvgIpc) is 2.89. The fourth-order valence-electron chi connectivity index (χ4n) is 3.41. The number of hydrogen-bond donors (Lipinski definition) is 0. The van der Waals surface area contributed by atoms with E-state index in [2.05, 4.69) is 15.9 Å². The van der Waals surface area contributed by atoms with Gasteiger partial charge in [-0.25, -0.2) is 14.4 Å². The molecular weight excluding hydrogens is 504 g/mol. The molecule has 0 aromatic heterocycles. The molecule has 1 fully saturated rings. The second-order valence-corrected chi connectivity index (χ2v) is 8.37. The van der Waals surface area contributed by atoms with Crippen molar-refractivity contribution >= 4 is 33.8 Å². The van der Waals surface area contributed by atoms with Crippen LogP contribution in [0.4, 0.5) is 0 Å². The Balaban J connectivity index is 1.59.